The smallest absolute Gasteiger partial charge is 0.0502 e. The minimum absolute atomic E-state index is 0.227. The van der Waals surface area contributed by atoms with E-state index in [4.69, 9.17) is 0 Å². The molecule has 0 saturated carbocycles. The lowest BCUT2D eigenvalue weighted by molar-refractivity contribution is 0.678. The van der Waals surface area contributed by atoms with Crippen LogP contribution >= 0.6 is 0 Å². The van der Waals surface area contributed by atoms with Crippen molar-refractivity contribution in [1.82, 2.24) is 5.32 Å². The van der Waals surface area contributed by atoms with Crippen LogP contribution in [0.15, 0.2) is 36.2 Å². The van der Waals surface area contributed by atoms with Crippen molar-refractivity contribution in [2.45, 2.75) is 19.1 Å². The van der Waals surface area contributed by atoms with Crippen molar-refractivity contribution in [1.29, 1.82) is 0 Å². The lowest BCUT2D eigenvalue weighted by Gasteiger charge is -2.05. The number of hydrogen-bond acceptors (Lipinski definition) is 2. The molecule has 0 aliphatic carbocycles. The topological polar surface area (TPSA) is 29.1 Å². The molecule has 1 N–H and O–H groups in total. The molecule has 0 bridgehead atoms. The number of rotatable bonds is 3. The van der Waals surface area contributed by atoms with E-state index in [-0.39, 0.29) is 5.25 Å². The monoisotopic (exact) mass is 197 g/mol. The molecule has 0 radical (unpaired) electrons. The van der Waals surface area contributed by atoms with E-state index in [1.54, 1.807) is 0 Å². The Hall–Kier alpha value is -0.830. The molecule has 13 heavy (non-hydrogen) atoms. The van der Waals surface area contributed by atoms with Crippen molar-refractivity contribution in [3.05, 3.63) is 36.2 Å². The first-order chi connectivity index (χ1) is 6.20. The molecular weight excluding hydrogens is 182 g/mol. The molecule has 2 nitrogen and oxygen atoms in total. The van der Waals surface area contributed by atoms with Crippen LogP contribution in [0.25, 0.3) is 0 Å². The van der Waals surface area contributed by atoms with E-state index >= 15 is 0 Å². The number of nitrogens with one attached hydrogen (secondary N) is 1. The molecule has 72 valence electrons. The highest BCUT2D eigenvalue weighted by molar-refractivity contribution is 7.85. The van der Waals surface area contributed by atoms with Gasteiger partial charge in [0.05, 0.1) is 5.75 Å². The summed E-state index contributed by atoms with van der Waals surface area (Å²) in [5, 5.41) is 3.23. The Labute approximate surface area is 81.9 Å². The van der Waals surface area contributed by atoms with Crippen molar-refractivity contribution in [2.75, 3.05) is 5.75 Å². The van der Waals surface area contributed by atoms with Crippen molar-refractivity contribution in [3.8, 4) is 0 Å². The fraction of sp³-hybridized carbons (Fsp3) is 0.400. The van der Waals surface area contributed by atoms with Crippen LogP contribution in [0.3, 0.4) is 0 Å². The Balaban J connectivity index is 2.54. The fourth-order valence-corrected chi connectivity index (χ4v) is 1.76. The molecule has 0 aromatic rings. The van der Waals surface area contributed by atoms with E-state index < -0.39 is 10.8 Å². The van der Waals surface area contributed by atoms with Crippen LogP contribution in [0, 0.1) is 0 Å². The predicted octanol–water partition coefficient (Wildman–Crippen LogP) is 1.70. The van der Waals surface area contributed by atoms with Gasteiger partial charge in [-0.05, 0) is 11.6 Å². The largest absolute Gasteiger partial charge is 0.367 e. The van der Waals surface area contributed by atoms with Gasteiger partial charge in [0.2, 0.25) is 0 Å². The number of hydrogen-bond donors (Lipinski definition) is 1. The van der Waals surface area contributed by atoms with Gasteiger partial charge in [0.1, 0.15) is 0 Å². The van der Waals surface area contributed by atoms with Gasteiger partial charge in [0, 0.05) is 28.4 Å². The summed E-state index contributed by atoms with van der Waals surface area (Å²) in [5.41, 5.74) is 1.08. The van der Waals surface area contributed by atoms with Gasteiger partial charge < -0.3 is 5.32 Å². The Kier molecular flexibility index (Phi) is 3.96. The molecule has 0 aromatic carbocycles. The SMILES string of the molecule is CC(C)[S@@](=O)CC1=CNC=CC=C1. The van der Waals surface area contributed by atoms with Crippen LogP contribution in [0.5, 0.6) is 0 Å². The van der Waals surface area contributed by atoms with Crippen molar-refractivity contribution < 1.29 is 4.21 Å². The second-order valence-corrected chi connectivity index (χ2v) is 5.17. The van der Waals surface area contributed by atoms with E-state index in [0.29, 0.717) is 5.75 Å². The summed E-state index contributed by atoms with van der Waals surface area (Å²) in [6.07, 6.45) is 9.59. The molecule has 0 amide bonds. The van der Waals surface area contributed by atoms with E-state index in [9.17, 15) is 4.21 Å². The first kappa shape index (κ1) is 10.3. The first-order valence-corrected chi connectivity index (χ1v) is 5.74. The zero-order valence-electron chi connectivity index (χ0n) is 7.99. The minimum atomic E-state index is -0.764. The molecule has 1 aliphatic rings. The van der Waals surface area contributed by atoms with E-state index in [1.165, 1.54) is 0 Å². The minimum Gasteiger partial charge on any atom is -0.367 e. The van der Waals surface area contributed by atoms with Gasteiger partial charge in [0.25, 0.3) is 0 Å². The zero-order valence-corrected chi connectivity index (χ0v) is 8.80. The van der Waals surface area contributed by atoms with Gasteiger partial charge in [-0.15, -0.1) is 0 Å². The molecule has 0 unspecified atom stereocenters. The molecule has 1 aliphatic heterocycles. The average molecular weight is 197 g/mol. The molecule has 1 atom stereocenters. The summed E-state index contributed by atoms with van der Waals surface area (Å²) in [7, 11) is -0.764. The molecule has 0 spiro atoms. The molecule has 3 heteroatoms. The lowest BCUT2D eigenvalue weighted by Crippen LogP contribution is -2.11. The standard InChI is InChI=1S/C10H15NOS/c1-9(2)13(12)8-10-5-3-4-6-11-7-10/h3-7,9,11H,8H2,1-2H3/t13-/m0/s1. The highest BCUT2D eigenvalue weighted by Gasteiger charge is 2.06. The zero-order chi connectivity index (χ0) is 9.68. The fourth-order valence-electron chi connectivity index (χ4n) is 0.914. The predicted molar refractivity (Wildman–Crippen MR) is 57.6 cm³/mol. The van der Waals surface area contributed by atoms with Crippen LogP contribution in [-0.2, 0) is 10.8 Å². The van der Waals surface area contributed by atoms with Gasteiger partial charge in [-0.25, -0.2) is 0 Å². The lowest BCUT2D eigenvalue weighted by atomic mass is 10.3. The van der Waals surface area contributed by atoms with Gasteiger partial charge in [-0.3, -0.25) is 4.21 Å². The summed E-state index contributed by atoms with van der Waals surface area (Å²) in [6.45, 7) is 3.95. The van der Waals surface area contributed by atoms with Gasteiger partial charge in [-0.1, -0.05) is 26.0 Å². The van der Waals surface area contributed by atoms with E-state index in [2.05, 4.69) is 5.32 Å². The van der Waals surface area contributed by atoms with Crippen molar-refractivity contribution >= 4 is 10.8 Å². The molecule has 0 aromatic heterocycles. The summed E-state index contributed by atoms with van der Waals surface area (Å²) in [6, 6.07) is 0. The Bertz CT molecular complexity index is 277. The van der Waals surface area contributed by atoms with E-state index in [1.807, 2.05) is 44.5 Å². The highest BCUT2D eigenvalue weighted by atomic mass is 32.2. The third-order valence-corrected chi connectivity index (χ3v) is 3.39. The molecule has 0 fully saturated rings. The third-order valence-electron chi connectivity index (χ3n) is 1.72. The summed E-state index contributed by atoms with van der Waals surface area (Å²) >= 11 is 0. The third kappa shape index (κ3) is 3.59. The van der Waals surface area contributed by atoms with Gasteiger partial charge in [0.15, 0.2) is 0 Å². The Morgan fingerprint density at radius 3 is 2.92 bits per heavy atom. The maximum Gasteiger partial charge on any atom is 0.0502 e. The second-order valence-electron chi connectivity index (χ2n) is 3.18. The molecule has 1 heterocycles. The summed E-state index contributed by atoms with van der Waals surface area (Å²) in [5.74, 6) is 0.628. The van der Waals surface area contributed by atoms with Crippen LogP contribution < -0.4 is 5.32 Å². The molecule has 1 rings (SSSR count). The normalized spacial score (nSPS) is 17.9. The Morgan fingerprint density at radius 1 is 1.46 bits per heavy atom. The summed E-state index contributed by atoms with van der Waals surface area (Å²) in [4.78, 5) is 0. The second kappa shape index (κ2) is 5.02. The molecular formula is C10H15NOS. The van der Waals surface area contributed by atoms with Crippen LogP contribution in [0.1, 0.15) is 13.8 Å². The van der Waals surface area contributed by atoms with Crippen LogP contribution in [0.2, 0.25) is 0 Å². The maximum atomic E-state index is 11.5. The number of allylic oxidation sites excluding steroid dienone is 3. The quantitative estimate of drug-likeness (QED) is 0.746. The van der Waals surface area contributed by atoms with Crippen LogP contribution in [0.4, 0.5) is 0 Å². The Morgan fingerprint density at radius 2 is 2.23 bits per heavy atom. The average Bonchev–Trinajstić information content (AvgIpc) is 2.32. The van der Waals surface area contributed by atoms with E-state index in [0.717, 1.165) is 5.57 Å². The maximum absolute atomic E-state index is 11.5. The van der Waals surface area contributed by atoms with Crippen molar-refractivity contribution in [3.63, 3.8) is 0 Å². The van der Waals surface area contributed by atoms with Gasteiger partial charge >= 0.3 is 0 Å². The van der Waals surface area contributed by atoms with Crippen molar-refractivity contribution in [2.24, 2.45) is 0 Å². The van der Waals surface area contributed by atoms with Crippen LogP contribution in [-0.4, -0.2) is 15.2 Å². The first-order valence-electron chi connectivity index (χ1n) is 4.35. The molecule has 0 saturated heterocycles. The van der Waals surface area contributed by atoms with Gasteiger partial charge in [-0.2, -0.15) is 0 Å². The summed E-state index contributed by atoms with van der Waals surface area (Å²) < 4.78 is 11.5. The highest BCUT2D eigenvalue weighted by Crippen LogP contribution is 2.05.